The highest BCUT2D eigenvalue weighted by Gasteiger charge is 2.20. The largest absolute Gasteiger partial charge is 0.378 e. The molecule has 0 aromatic heterocycles. The summed E-state index contributed by atoms with van der Waals surface area (Å²) in [4.78, 5) is 0. The van der Waals surface area contributed by atoms with Crippen molar-refractivity contribution in [1.29, 1.82) is 0 Å². The van der Waals surface area contributed by atoms with Crippen LogP contribution in [0.2, 0.25) is 0 Å². The normalized spacial score (nSPS) is 28.2. The zero-order valence-electron chi connectivity index (χ0n) is 9.80. The monoisotopic (exact) mass is 212 g/mol. The first-order valence-electron chi connectivity index (χ1n) is 6.43. The number of hydrogen-bond acceptors (Lipinski definition) is 3. The van der Waals surface area contributed by atoms with E-state index >= 15 is 0 Å². The minimum atomic E-state index is 0.529. The zero-order chi connectivity index (χ0) is 10.5. The van der Waals surface area contributed by atoms with Crippen molar-refractivity contribution in [2.24, 2.45) is 0 Å². The van der Waals surface area contributed by atoms with E-state index in [-0.39, 0.29) is 0 Å². The molecule has 2 N–H and O–H groups in total. The van der Waals surface area contributed by atoms with Crippen molar-refractivity contribution in [3.05, 3.63) is 0 Å². The fourth-order valence-electron chi connectivity index (χ4n) is 2.07. The highest BCUT2D eigenvalue weighted by Crippen LogP contribution is 2.18. The summed E-state index contributed by atoms with van der Waals surface area (Å²) in [7, 11) is 0. The van der Waals surface area contributed by atoms with Crippen molar-refractivity contribution < 1.29 is 4.74 Å². The van der Waals surface area contributed by atoms with Crippen molar-refractivity contribution in [2.45, 2.75) is 57.2 Å². The third-order valence-corrected chi connectivity index (χ3v) is 3.27. The molecule has 3 nitrogen and oxygen atoms in total. The summed E-state index contributed by atoms with van der Waals surface area (Å²) < 4.78 is 5.59. The second-order valence-corrected chi connectivity index (χ2v) is 4.96. The van der Waals surface area contributed by atoms with Gasteiger partial charge in [0, 0.05) is 25.2 Å². The lowest BCUT2D eigenvalue weighted by Crippen LogP contribution is -2.38. The van der Waals surface area contributed by atoms with E-state index in [9.17, 15) is 0 Å². The molecule has 2 fully saturated rings. The fraction of sp³-hybridized carbons (Fsp3) is 1.00. The van der Waals surface area contributed by atoms with Crippen molar-refractivity contribution in [1.82, 2.24) is 10.6 Å². The maximum absolute atomic E-state index is 5.59. The average Bonchev–Trinajstić information content (AvgIpc) is 2.92. The van der Waals surface area contributed by atoms with E-state index < -0.39 is 0 Å². The summed E-state index contributed by atoms with van der Waals surface area (Å²) in [6.45, 7) is 5.43. The fourth-order valence-corrected chi connectivity index (χ4v) is 2.07. The minimum Gasteiger partial charge on any atom is -0.378 e. The quantitative estimate of drug-likeness (QED) is 0.667. The third-order valence-electron chi connectivity index (χ3n) is 3.27. The molecule has 2 unspecified atom stereocenters. The standard InChI is InChI=1S/C12H24N2O/c1-10(9-14-11-4-5-11)13-7-6-12-3-2-8-15-12/h10-14H,2-9H2,1H3. The van der Waals surface area contributed by atoms with Gasteiger partial charge in [0.15, 0.2) is 0 Å². The number of rotatable bonds is 7. The highest BCUT2D eigenvalue weighted by molar-refractivity contribution is 4.82. The van der Waals surface area contributed by atoms with Gasteiger partial charge in [-0.2, -0.15) is 0 Å². The number of hydrogen-bond donors (Lipinski definition) is 2. The molecule has 0 bridgehead atoms. The molecule has 1 saturated carbocycles. The van der Waals surface area contributed by atoms with E-state index in [1.54, 1.807) is 0 Å². The summed E-state index contributed by atoms with van der Waals surface area (Å²) in [5, 5.41) is 7.09. The molecular formula is C12H24N2O. The van der Waals surface area contributed by atoms with Gasteiger partial charge in [-0.25, -0.2) is 0 Å². The van der Waals surface area contributed by atoms with Gasteiger partial charge in [-0.1, -0.05) is 0 Å². The number of ether oxygens (including phenoxy) is 1. The first-order valence-corrected chi connectivity index (χ1v) is 6.43. The molecule has 0 amide bonds. The first kappa shape index (κ1) is 11.4. The highest BCUT2D eigenvalue weighted by atomic mass is 16.5. The summed E-state index contributed by atoms with van der Waals surface area (Å²) >= 11 is 0. The maximum Gasteiger partial charge on any atom is 0.0588 e. The molecule has 0 aromatic rings. The van der Waals surface area contributed by atoms with Crippen LogP contribution in [-0.2, 0) is 4.74 Å². The van der Waals surface area contributed by atoms with Crippen LogP contribution in [0.15, 0.2) is 0 Å². The molecule has 0 aromatic carbocycles. The van der Waals surface area contributed by atoms with E-state index in [0.717, 1.165) is 25.7 Å². The Morgan fingerprint density at radius 1 is 1.33 bits per heavy atom. The SMILES string of the molecule is CC(CNC1CC1)NCCC1CCCO1. The van der Waals surface area contributed by atoms with Crippen LogP contribution in [0, 0.1) is 0 Å². The summed E-state index contributed by atoms with van der Waals surface area (Å²) in [6.07, 6.45) is 6.97. The molecule has 2 rings (SSSR count). The summed E-state index contributed by atoms with van der Waals surface area (Å²) in [5.41, 5.74) is 0. The van der Waals surface area contributed by atoms with Crippen LogP contribution < -0.4 is 10.6 Å². The average molecular weight is 212 g/mol. The van der Waals surface area contributed by atoms with Gasteiger partial charge in [0.2, 0.25) is 0 Å². The van der Waals surface area contributed by atoms with Gasteiger partial charge >= 0.3 is 0 Å². The van der Waals surface area contributed by atoms with Crippen LogP contribution in [-0.4, -0.2) is 37.9 Å². The number of nitrogens with one attached hydrogen (secondary N) is 2. The Morgan fingerprint density at radius 2 is 2.20 bits per heavy atom. The Bertz CT molecular complexity index is 176. The van der Waals surface area contributed by atoms with Gasteiger partial charge in [0.25, 0.3) is 0 Å². The van der Waals surface area contributed by atoms with Crippen LogP contribution in [0.25, 0.3) is 0 Å². The van der Waals surface area contributed by atoms with E-state index in [2.05, 4.69) is 17.6 Å². The maximum atomic E-state index is 5.59. The van der Waals surface area contributed by atoms with Crippen molar-refractivity contribution in [3.8, 4) is 0 Å². The molecule has 2 aliphatic rings. The summed E-state index contributed by atoms with van der Waals surface area (Å²) in [6, 6.07) is 1.42. The van der Waals surface area contributed by atoms with Crippen molar-refractivity contribution in [2.75, 3.05) is 19.7 Å². The second kappa shape index (κ2) is 5.83. The molecule has 3 heteroatoms. The van der Waals surface area contributed by atoms with Gasteiger partial charge in [0.1, 0.15) is 0 Å². The lowest BCUT2D eigenvalue weighted by atomic mass is 10.2. The van der Waals surface area contributed by atoms with E-state index in [1.807, 2.05) is 0 Å². The molecule has 0 spiro atoms. The van der Waals surface area contributed by atoms with E-state index in [4.69, 9.17) is 4.74 Å². The lowest BCUT2D eigenvalue weighted by Gasteiger charge is -2.16. The second-order valence-electron chi connectivity index (χ2n) is 4.96. The third kappa shape index (κ3) is 4.49. The van der Waals surface area contributed by atoms with Crippen LogP contribution >= 0.6 is 0 Å². The Morgan fingerprint density at radius 3 is 2.87 bits per heavy atom. The van der Waals surface area contributed by atoms with Crippen molar-refractivity contribution in [3.63, 3.8) is 0 Å². The van der Waals surface area contributed by atoms with Crippen LogP contribution in [0.3, 0.4) is 0 Å². The predicted molar refractivity (Wildman–Crippen MR) is 62.1 cm³/mol. The summed E-state index contributed by atoms with van der Waals surface area (Å²) in [5.74, 6) is 0. The van der Waals surface area contributed by atoms with E-state index in [0.29, 0.717) is 12.1 Å². The van der Waals surface area contributed by atoms with Gasteiger partial charge < -0.3 is 15.4 Å². The Hall–Kier alpha value is -0.120. The van der Waals surface area contributed by atoms with Gasteiger partial charge in [0.05, 0.1) is 6.10 Å². The minimum absolute atomic E-state index is 0.529. The Labute approximate surface area is 93.0 Å². The molecule has 1 aliphatic heterocycles. The van der Waals surface area contributed by atoms with Gasteiger partial charge in [-0.15, -0.1) is 0 Å². The molecule has 88 valence electrons. The van der Waals surface area contributed by atoms with Crippen LogP contribution in [0.1, 0.15) is 39.0 Å². The molecule has 1 heterocycles. The molecule has 1 aliphatic carbocycles. The molecule has 15 heavy (non-hydrogen) atoms. The Kier molecular flexibility index (Phi) is 4.42. The predicted octanol–water partition coefficient (Wildman–Crippen LogP) is 1.29. The Balaban J connectivity index is 1.44. The van der Waals surface area contributed by atoms with Crippen LogP contribution in [0.4, 0.5) is 0 Å². The van der Waals surface area contributed by atoms with Crippen LogP contribution in [0.5, 0.6) is 0 Å². The van der Waals surface area contributed by atoms with E-state index in [1.165, 1.54) is 32.1 Å². The smallest absolute Gasteiger partial charge is 0.0588 e. The molecule has 2 atom stereocenters. The molecule has 0 radical (unpaired) electrons. The molecule has 1 saturated heterocycles. The zero-order valence-corrected chi connectivity index (χ0v) is 9.80. The molecular weight excluding hydrogens is 188 g/mol. The van der Waals surface area contributed by atoms with Crippen molar-refractivity contribution >= 4 is 0 Å². The van der Waals surface area contributed by atoms with Gasteiger partial charge in [-0.05, 0) is 45.6 Å². The lowest BCUT2D eigenvalue weighted by molar-refractivity contribution is 0.103. The van der Waals surface area contributed by atoms with Gasteiger partial charge in [-0.3, -0.25) is 0 Å². The first-order chi connectivity index (χ1) is 7.34. The topological polar surface area (TPSA) is 33.3 Å².